The number of methoxy groups -OCH3 is 1. The van der Waals surface area contributed by atoms with Crippen LogP contribution in [0.1, 0.15) is 61.0 Å². The summed E-state index contributed by atoms with van der Waals surface area (Å²) in [5.74, 6) is -1.05. The molecule has 0 heterocycles. The summed E-state index contributed by atoms with van der Waals surface area (Å²) in [6, 6.07) is 2.82. The average Bonchev–Trinajstić information content (AvgIpc) is 3.27. The highest BCUT2D eigenvalue weighted by atomic mass is 19.1. The monoisotopic (exact) mass is 323 g/mol. The zero-order valence-electron chi connectivity index (χ0n) is 13.9. The third-order valence-corrected chi connectivity index (χ3v) is 3.47. The molecular formula is C17H22FNO4. The van der Waals surface area contributed by atoms with Gasteiger partial charge in [-0.2, -0.15) is 0 Å². The molecule has 5 nitrogen and oxygen atoms in total. The Morgan fingerprint density at radius 3 is 2.48 bits per heavy atom. The maximum atomic E-state index is 14.1. The quantitative estimate of drug-likeness (QED) is 0.861. The second-order valence-corrected chi connectivity index (χ2v) is 6.65. The van der Waals surface area contributed by atoms with Crippen LogP contribution in [0.5, 0.6) is 0 Å². The number of amides is 1. The highest BCUT2D eigenvalue weighted by Crippen LogP contribution is 2.42. The van der Waals surface area contributed by atoms with E-state index in [-0.39, 0.29) is 12.1 Å². The Morgan fingerprint density at radius 1 is 1.30 bits per heavy atom. The summed E-state index contributed by atoms with van der Waals surface area (Å²) in [5, 5.41) is 2.62. The van der Waals surface area contributed by atoms with Crippen molar-refractivity contribution in [3.8, 4) is 0 Å². The van der Waals surface area contributed by atoms with Crippen LogP contribution < -0.4 is 5.32 Å². The number of hydrogen-bond acceptors (Lipinski definition) is 4. The number of carbonyl (C=O) groups excluding carboxylic acids is 2. The van der Waals surface area contributed by atoms with Gasteiger partial charge < -0.3 is 14.8 Å². The summed E-state index contributed by atoms with van der Waals surface area (Å²) in [6.07, 6.45) is 1.42. The fourth-order valence-corrected chi connectivity index (χ4v) is 2.31. The Labute approximate surface area is 135 Å². The zero-order valence-corrected chi connectivity index (χ0v) is 13.9. The van der Waals surface area contributed by atoms with Crippen LogP contribution in [0.4, 0.5) is 9.18 Å². The van der Waals surface area contributed by atoms with Gasteiger partial charge in [0.1, 0.15) is 11.4 Å². The summed E-state index contributed by atoms with van der Waals surface area (Å²) in [4.78, 5) is 23.3. The first kappa shape index (κ1) is 17.2. The van der Waals surface area contributed by atoms with Crippen molar-refractivity contribution in [2.75, 3.05) is 7.11 Å². The fourth-order valence-electron chi connectivity index (χ4n) is 2.31. The van der Waals surface area contributed by atoms with Gasteiger partial charge in [0, 0.05) is 6.54 Å². The molecule has 1 aliphatic carbocycles. The predicted molar refractivity (Wildman–Crippen MR) is 82.8 cm³/mol. The van der Waals surface area contributed by atoms with Gasteiger partial charge in [0.2, 0.25) is 0 Å². The van der Waals surface area contributed by atoms with Crippen molar-refractivity contribution in [3.63, 3.8) is 0 Å². The van der Waals surface area contributed by atoms with Gasteiger partial charge in [-0.3, -0.25) is 0 Å². The number of hydrogen-bond donors (Lipinski definition) is 1. The lowest BCUT2D eigenvalue weighted by Crippen LogP contribution is -2.32. The van der Waals surface area contributed by atoms with Gasteiger partial charge in [-0.15, -0.1) is 0 Å². The van der Waals surface area contributed by atoms with Crippen LogP contribution >= 0.6 is 0 Å². The Balaban J connectivity index is 2.16. The number of rotatable bonds is 4. The van der Waals surface area contributed by atoms with Crippen LogP contribution in [0.15, 0.2) is 12.1 Å². The molecule has 1 aromatic carbocycles. The molecule has 0 aliphatic heterocycles. The van der Waals surface area contributed by atoms with Crippen molar-refractivity contribution in [1.29, 1.82) is 0 Å². The molecule has 1 fully saturated rings. The van der Waals surface area contributed by atoms with E-state index < -0.39 is 23.5 Å². The molecule has 23 heavy (non-hydrogen) atoms. The highest BCUT2D eigenvalue weighted by molar-refractivity contribution is 5.90. The normalized spacial score (nSPS) is 14.3. The van der Waals surface area contributed by atoms with E-state index in [1.54, 1.807) is 20.8 Å². The van der Waals surface area contributed by atoms with E-state index in [4.69, 9.17) is 4.74 Å². The predicted octanol–water partition coefficient (Wildman–Crippen LogP) is 3.51. The number of carbonyl (C=O) groups is 2. The number of ether oxygens (including phenoxy) is 2. The van der Waals surface area contributed by atoms with E-state index in [1.807, 2.05) is 0 Å². The van der Waals surface area contributed by atoms with Crippen LogP contribution in [-0.4, -0.2) is 24.8 Å². The standard InChI is InChI=1S/C17H22FNO4/c1-17(2,3)23-16(21)19-9-11-7-14(18)13(15(20)22-4)8-12(11)10-5-6-10/h7-8,10H,5-6,9H2,1-4H3,(H,19,21). The Hall–Kier alpha value is -2.11. The molecule has 0 saturated heterocycles. The highest BCUT2D eigenvalue weighted by Gasteiger charge is 2.29. The number of esters is 1. The van der Waals surface area contributed by atoms with Crippen LogP contribution in [0, 0.1) is 5.82 Å². The summed E-state index contributed by atoms with van der Waals surface area (Å²) < 4.78 is 23.9. The van der Waals surface area contributed by atoms with Gasteiger partial charge >= 0.3 is 12.1 Å². The molecule has 1 N–H and O–H groups in total. The third-order valence-electron chi connectivity index (χ3n) is 3.47. The lowest BCUT2D eigenvalue weighted by Gasteiger charge is -2.20. The van der Waals surface area contributed by atoms with E-state index in [0.29, 0.717) is 11.5 Å². The molecule has 2 rings (SSSR count). The SMILES string of the molecule is COC(=O)c1cc(C2CC2)c(CNC(=O)OC(C)(C)C)cc1F. The minimum atomic E-state index is -0.698. The van der Waals surface area contributed by atoms with Gasteiger partial charge in [0.15, 0.2) is 0 Å². The van der Waals surface area contributed by atoms with Gasteiger partial charge in [0.05, 0.1) is 12.7 Å². The molecule has 0 unspecified atom stereocenters. The minimum absolute atomic E-state index is 0.0737. The fraction of sp³-hybridized carbons (Fsp3) is 0.529. The molecule has 0 radical (unpaired) electrons. The van der Waals surface area contributed by atoms with Crippen LogP contribution in [-0.2, 0) is 16.0 Å². The zero-order chi connectivity index (χ0) is 17.2. The summed E-state index contributed by atoms with van der Waals surface area (Å²) >= 11 is 0. The lowest BCUT2D eigenvalue weighted by molar-refractivity contribution is 0.0521. The second kappa shape index (κ2) is 6.56. The number of benzene rings is 1. The summed E-state index contributed by atoms with van der Waals surface area (Å²) in [7, 11) is 1.22. The van der Waals surface area contributed by atoms with E-state index in [9.17, 15) is 14.0 Å². The molecule has 0 atom stereocenters. The van der Waals surface area contributed by atoms with E-state index in [0.717, 1.165) is 18.4 Å². The Morgan fingerprint density at radius 2 is 1.96 bits per heavy atom. The van der Waals surface area contributed by atoms with Gasteiger partial charge in [-0.25, -0.2) is 14.0 Å². The number of alkyl carbamates (subject to hydrolysis) is 1. The molecular weight excluding hydrogens is 301 g/mol. The maximum absolute atomic E-state index is 14.1. The molecule has 1 aromatic rings. The van der Waals surface area contributed by atoms with Crippen molar-refractivity contribution < 1.29 is 23.5 Å². The summed E-state index contributed by atoms with van der Waals surface area (Å²) in [5.41, 5.74) is 0.866. The molecule has 126 valence electrons. The van der Waals surface area contributed by atoms with Crippen LogP contribution in [0.2, 0.25) is 0 Å². The third kappa shape index (κ3) is 4.68. The average molecular weight is 323 g/mol. The van der Waals surface area contributed by atoms with Crippen LogP contribution in [0.25, 0.3) is 0 Å². The number of nitrogens with one attached hydrogen (secondary N) is 1. The van der Waals surface area contributed by atoms with Crippen molar-refractivity contribution in [3.05, 3.63) is 34.6 Å². The lowest BCUT2D eigenvalue weighted by atomic mass is 9.99. The largest absolute Gasteiger partial charge is 0.465 e. The van der Waals surface area contributed by atoms with Crippen molar-refractivity contribution in [2.24, 2.45) is 0 Å². The Bertz CT molecular complexity index is 618. The number of halogens is 1. The molecule has 1 amide bonds. The van der Waals surface area contributed by atoms with Crippen molar-refractivity contribution in [1.82, 2.24) is 5.32 Å². The molecule has 1 aliphatic rings. The first-order valence-electron chi connectivity index (χ1n) is 7.58. The molecule has 6 heteroatoms. The second-order valence-electron chi connectivity index (χ2n) is 6.65. The summed E-state index contributed by atoms with van der Waals surface area (Å²) in [6.45, 7) is 5.46. The molecule has 0 bridgehead atoms. The van der Waals surface area contributed by atoms with Crippen molar-refractivity contribution in [2.45, 2.75) is 51.7 Å². The van der Waals surface area contributed by atoms with Crippen LogP contribution in [0.3, 0.4) is 0 Å². The van der Waals surface area contributed by atoms with E-state index in [2.05, 4.69) is 10.1 Å². The van der Waals surface area contributed by atoms with E-state index in [1.165, 1.54) is 19.2 Å². The van der Waals surface area contributed by atoms with E-state index >= 15 is 0 Å². The van der Waals surface area contributed by atoms with Gasteiger partial charge in [-0.05, 0) is 62.8 Å². The first-order chi connectivity index (χ1) is 10.7. The molecule has 1 saturated carbocycles. The molecule has 0 spiro atoms. The first-order valence-corrected chi connectivity index (χ1v) is 7.58. The van der Waals surface area contributed by atoms with Crippen molar-refractivity contribution >= 4 is 12.1 Å². The molecule has 0 aromatic heterocycles. The maximum Gasteiger partial charge on any atom is 0.407 e. The topological polar surface area (TPSA) is 64.6 Å². The minimum Gasteiger partial charge on any atom is -0.465 e. The van der Waals surface area contributed by atoms with Gasteiger partial charge in [-0.1, -0.05) is 0 Å². The van der Waals surface area contributed by atoms with Gasteiger partial charge in [0.25, 0.3) is 0 Å². The smallest absolute Gasteiger partial charge is 0.407 e. The Kier molecular flexibility index (Phi) is 4.92.